The molecule has 0 amide bonds. The molecule has 1 aromatic heterocycles. The third-order valence-electron chi connectivity index (χ3n) is 3.69. The molecule has 0 saturated carbocycles. The maximum atomic E-state index is 12.5. The first kappa shape index (κ1) is 16.2. The smallest absolute Gasteiger partial charge is 0.343 e. The van der Waals surface area contributed by atoms with E-state index in [2.05, 4.69) is 41.8 Å². The van der Waals surface area contributed by atoms with E-state index in [1.54, 1.807) is 30.3 Å². The summed E-state index contributed by atoms with van der Waals surface area (Å²) in [6.45, 7) is 0. The van der Waals surface area contributed by atoms with Crippen LogP contribution in [-0.2, 0) is 0 Å². The van der Waals surface area contributed by atoms with Gasteiger partial charge >= 0.3 is 5.97 Å². The van der Waals surface area contributed by atoms with E-state index >= 15 is 0 Å². The lowest BCUT2D eigenvalue weighted by Crippen LogP contribution is -2.09. The predicted molar refractivity (Wildman–Crippen MR) is 104 cm³/mol. The van der Waals surface area contributed by atoms with Crippen LogP contribution in [0.15, 0.2) is 69.6 Å². The molecule has 0 fully saturated rings. The third-order valence-corrected chi connectivity index (χ3v) is 4.88. The highest BCUT2D eigenvalue weighted by molar-refractivity contribution is 9.11. The van der Waals surface area contributed by atoms with Crippen molar-refractivity contribution in [2.75, 3.05) is 0 Å². The van der Waals surface area contributed by atoms with Gasteiger partial charge in [0.2, 0.25) is 0 Å². The quantitative estimate of drug-likeness (QED) is 0.225. The minimum atomic E-state index is -0.445. The molecule has 0 atom stereocenters. The summed E-state index contributed by atoms with van der Waals surface area (Å²) in [5.41, 5.74) is 3.14. The van der Waals surface area contributed by atoms with E-state index < -0.39 is 5.97 Å². The maximum Gasteiger partial charge on any atom is 0.343 e. The van der Waals surface area contributed by atoms with Gasteiger partial charge in [-0.15, -0.1) is 0 Å². The number of halogens is 2. The number of ether oxygens (including phenoxy) is 1. The van der Waals surface area contributed by atoms with Gasteiger partial charge in [-0.3, -0.25) is 0 Å². The van der Waals surface area contributed by atoms with Crippen molar-refractivity contribution in [1.82, 2.24) is 9.97 Å². The zero-order valence-electron chi connectivity index (χ0n) is 12.7. The molecule has 0 aliphatic carbocycles. The van der Waals surface area contributed by atoms with Gasteiger partial charge in [0.1, 0.15) is 11.0 Å². The lowest BCUT2D eigenvalue weighted by Gasteiger charge is -2.11. The minimum Gasteiger partial charge on any atom is -0.419 e. The summed E-state index contributed by atoms with van der Waals surface area (Å²) in [4.78, 5) is 21.7. The molecule has 0 saturated heterocycles. The molecule has 0 N–H and O–H groups in total. The van der Waals surface area contributed by atoms with Crippen LogP contribution in [0.3, 0.4) is 0 Å². The van der Waals surface area contributed by atoms with Crippen LogP contribution in [0, 0.1) is 0 Å². The van der Waals surface area contributed by atoms with Gasteiger partial charge in [-0.25, -0.2) is 14.8 Å². The fraction of sp³-hybridized carbons (Fsp3) is 0. The topological polar surface area (TPSA) is 52.1 Å². The maximum absolute atomic E-state index is 12.5. The number of hydrogen-bond donors (Lipinski definition) is 0. The molecular weight excluding hydrogens is 448 g/mol. The number of carbonyl (C=O) groups is 1. The normalized spacial score (nSPS) is 11.0. The van der Waals surface area contributed by atoms with Crippen molar-refractivity contribution in [3.05, 3.63) is 75.2 Å². The molecule has 0 unspecified atom stereocenters. The zero-order chi connectivity index (χ0) is 17.4. The molecule has 4 nitrogen and oxygen atoms in total. The number of hydrogen-bond acceptors (Lipinski definition) is 4. The SMILES string of the molecule is O=C(Oc1c(Br)cc(Br)c2nc3ccccc3nc12)c1ccccc1. The molecule has 0 aliphatic heterocycles. The fourth-order valence-corrected chi connectivity index (χ4v) is 3.82. The lowest BCUT2D eigenvalue weighted by molar-refractivity contribution is 0.0735. The molecule has 6 heteroatoms. The molecular formula is C19H10Br2N2O2. The van der Waals surface area contributed by atoms with Gasteiger partial charge in [0, 0.05) is 4.47 Å². The Morgan fingerprint density at radius 3 is 2.08 bits per heavy atom. The Balaban J connectivity index is 1.90. The van der Waals surface area contributed by atoms with Crippen LogP contribution in [0.1, 0.15) is 10.4 Å². The Morgan fingerprint density at radius 1 is 0.800 bits per heavy atom. The number of esters is 1. The van der Waals surface area contributed by atoms with Crippen molar-refractivity contribution in [3.8, 4) is 5.75 Å². The highest BCUT2D eigenvalue weighted by Crippen LogP contribution is 2.37. The summed E-state index contributed by atoms with van der Waals surface area (Å²) >= 11 is 6.96. The van der Waals surface area contributed by atoms with E-state index in [9.17, 15) is 4.79 Å². The molecule has 25 heavy (non-hydrogen) atoms. The molecule has 3 aromatic carbocycles. The van der Waals surface area contributed by atoms with Crippen molar-refractivity contribution < 1.29 is 9.53 Å². The van der Waals surface area contributed by atoms with Crippen LogP contribution in [0.4, 0.5) is 0 Å². The Morgan fingerprint density at radius 2 is 1.40 bits per heavy atom. The molecule has 1 heterocycles. The van der Waals surface area contributed by atoms with E-state index in [0.29, 0.717) is 26.8 Å². The van der Waals surface area contributed by atoms with E-state index in [4.69, 9.17) is 4.74 Å². The molecule has 0 aliphatic rings. The van der Waals surface area contributed by atoms with Gasteiger partial charge in [-0.05, 0) is 62.2 Å². The zero-order valence-corrected chi connectivity index (χ0v) is 15.9. The number of nitrogens with zero attached hydrogens (tertiary/aromatic N) is 2. The summed E-state index contributed by atoms with van der Waals surface area (Å²) < 4.78 is 7.04. The van der Waals surface area contributed by atoms with Crippen molar-refractivity contribution in [2.24, 2.45) is 0 Å². The number of aromatic nitrogens is 2. The molecule has 4 aromatic rings. The number of fused-ring (bicyclic) bond motifs is 2. The summed E-state index contributed by atoms with van der Waals surface area (Å²) in [7, 11) is 0. The standard InChI is InChI=1S/C19H10Br2N2O2/c20-12-10-13(21)18(25-19(24)11-6-2-1-3-7-11)17-16(12)22-14-8-4-5-9-15(14)23-17/h1-10H. The Hall–Kier alpha value is -2.31. The number of benzene rings is 3. The van der Waals surface area contributed by atoms with E-state index in [0.717, 1.165) is 15.5 Å². The monoisotopic (exact) mass is 456 g/mol. The lowest BCUT2D eigenvalue weighted by atomic mass is 10.2. The van der Waals surface area contributed by atoms with Gasteiger partial charge in [0.15, 0.2) is 5.75 Å². The van der Waals surface area contributed by atoms with Gasteiger partial charge in [0.25, 0.3) is 0 Å². The number of rotatable bonds is 2. The van der Waals surface area contributed by atoms with Gasteiger partial charge in [-0.1, -0.05) is 30.3 Å². The first-order valence-corrected chi connectivity index (χ1v) is 9.04. The fourth-order valence-electron chi connectivity index (χ4n) is 2.51. The largest absolute Gasteiger partial charge is 0.419 e. The molecule has 0 bridgehead atoms. The first-order valence-electron chi connectivity index (χ1n) is 7.45. The summed E-state index contributed by atoms with van der Waals surface area (Å²) in [5, 5.41) is 0. The van der Waals surface area contributed by atoms with Crippen LogP contribution < -0.4 is 4.74 Å². The van der Waals surface area contributed by atoms with E-state index in [1.807, 2.05) is 30.3 Å². The van der Waals surface area contributed by atoms with Gasteiger partial charge < -0.3 is 4.74 Å². The Labute approximate surface area is 160 Å². The highest BCUT2D eigenvalue weighted by Gasteiger charge is 2.18. The predicted octanol–water partition coefficient (Wildman–Crippen LogP) is 5.53. The summed E-state index contributed by atoms with van der Waals surface area (Å²) in [5.74, 6) is -0.0924. The highest BCUT2D eigenvalue weighted by atomic mass is 79.9. The molecule has 0 radical (unpaired) electrons. The van der Waals surface area contributed by atoms with E-state index in [1.165, 1.54) is 0 Å². The molecule has 122 valence electrons. The van der Waals surface area contributed by atoms with Crippen LogP contribution >= 0.6 is 31.9 Å². The number of carbonyl (C=O) groups excluding carboxylic acids is 1. The van der Waals surface area contributed by atoms with Crippen LogP contribution in [-0.4, -0.2) is 15.9 Å². The summed E-state index contributed by atoms with van der Waals surface area (Å²) in [6, 6.07) is 18.2. The van der Waals surface area contributed by atoms with E-state index in [-0.39, 0.29) is 0 Å². The van der Waals surface area contributed by atoms with Crippen molar-refractivity contribution in [2.45, 2.75) is 0 Å². The van der Waals surface area contributed by atoms with Gasteiger partial charge in [0.05, 0.1) is 21.1 Å². The molecule has 0 spiro atoms. The van der Waals surface area contributed by atoms with Crippen molar-refractivity contribution >= 4 is 59.9 Å². The van der Waals surface area contributed by atoms with Crippen molar-refractivity contribution in [3.63, 3.8) is 0 Å². The van der Waals surface area contributed by atoms with Crippen LogP contribution in [0.2, 0.25) is 0 Å². The average Bonchev–Trinajstić information content (AvgIpc) is 2.64. The van der Waals surface area contributed by atoms with Crippen LogP contribution in [0.5, 0.6) is 5.75 Å². The molecule has 4 rings (SSSR count). The second-order valence-electron chi connectivity index (χ2n) is 5.33. The average molecular weight is 458 g/mol. The second kappa shape index (κ2) is 6.54. The number of para-hydroxylation sites is 2. The third kappa shape index (κ3) is 3.03. The second-order valence-corrected chi connectivity index (χ2v) is 7.04. The Bertz CT molecular complexity index is 1110. The summed E-state index contributed by atoms with van der Waals surface area (Å²) in [6.07, 6.45) is 0. The Kier molecular flexibility index (Phi) is 4.23. The minimum absolute atomic E-state index is 0.352. The first-order chi connectivity index (χ1) is 12.1. The van der Waals surface area contributed by atoms with Crippen molar-refractivity contribution in [1.29, 1.82) is 0 Å². The van der Waals surface area contributed by atoms with Crippen LogP contribution in [0.25, 0.3) is 22.1 Å². The van der Waals surface area contributed by atoms with Gasteiger partial charge in [-0.2, -0.15) is 0 Å².